The van der Waals surface area contributed by atoms with Gasteiger partial charge < -0.3 is 30.1 Å². The van der Waals surface area contributed by atoms with Gasteiger partial charge in [-0.3, -0.25) is 4.79 Å². The van der Waals surface area contributed by atoms with Crippen LogP contribution in [0.2, 0.25) is 0 Å². The average Bonchev–Trinajstić information content (AvgIpc) is 2.25. The van der Waals surface area contributed by atoms with E-state index in [1.54, 1.807) is 0 Å². The van der Waals surface area contributed by atoms with Crippen LogP contribution < -0.4 is 5.32 Å². The Hall–Kier alpha value is -0.730. The molecule has 7 heteroatoms. The second-order valence-corrected chi connectivity index (χ2v) is 3.67. The monoisotopic (exact) mass is 235 g/mol. The molecule has 4 N–H and O–H groups in total. The maximum Gasteiger partial charge on any atom is 0.217 e. The Kier molecular flexibility index (Phi) is 4.63. The van der Waals surface area contributed by atoms with Gasteiger partial charge in [-0.05, 0) is 0 Å². The maximum atomic E-state index is 10.9. The van der Waals surface area contributed by atoms with E-state index in [1.165, 1.54) is 14.0 Å². The summed E-state index contributed by atoms with van der Waals surface area (Å²) in [7, 11) is 1.35. The Morgan fingerprint density at radius 3 is 2.50 bits per heavy atom. The van der Waals surface area contributed by atoms with Crippen molar-refractivity contribution in [3.63, 3.8) is 0 Å². The molecule has 0 spiro atoms. The molecule has 1 fully saturated rings. The number of carbonyl (C=O) groups is 1. The fourth-order valence-electron chi connectivity index (χ4n) is 1.67. The fourth-order valence-corrected chi connectivity index (χ4v) is 1.67. The van der Waals surface area contributed by atoms with E-state index in [1.807, 2.05) is 0 Å². The number of aliphatic hydroxyl groups is 3. The molecule has 0 aromatic carbocycles. The quantitative estimate of drug-likeness (QED) is 0.433. The molecule has 94 valence electrons. The number of aliphatic hydroxyl groups excluding tert-OH is 3. The van der Waals surface area contributed by atoms with Crippen LogP contribution in [0.5, 0.6) is 0 Å². The SMILES string of the molecule is CO[C@H]1O[C@H](CO)[C@@H](O)[C@H](O)[C@@H]1NC(C)=O. The zero-order valence-corrected chi connectivity index (χ0v) is 9.16. The molecule has 0 aromatic rings. The minimum Gasteiger partial charge on any atom is -0.394 e. The van der Waals surface area contributed by atoms with Crippen LogP contribution in [0.1, 0.15) is 6.92 Å². The van der Waals surface area contributed by atoms with E-state index in [0.717, 1.165) is 0 Å². The Morgan fingerprint density at radius 1 is 1.44 bits per heavy atom. The van der Waals surface area contributed by atoms with Gasteiger partial charge in [-0.2, -0.15) is 0 Å². The van der Waals surface area contributed by atoms with E-state index in [2.05, 4.69) is 5.32 Å². The first-order chi connectivity index (χ1) is 7.51. The van der Waals surface area contributed by atoms with Crippen LogP contribution in [0.15, 0.2) is 0 Å². The number of hydrogen-bond donors (Lipinski definition) is 4. The van der Waals surface area contributed by atoms with Crippen molar-refractivity contribution in [3.8, 4) is 0 Å². The van der Waals surface area contributed by atoms with Gasteiger partial charge >= 0.3 is 0 Å². The lowest BCUT2D eigenvalue weighted by Crippen LogP contribution is -2.64. The molecule has 0 bridgehead atoms. The van der Waals surface area contributed by atoms with Crippen molar-refractivity contribution < 1.29 is 29.6 Å². The summed E-state index contributed by atoms with van der Waals surface area (Å²) in [4.78, 5) is 10.9. The molecular formula is C9H17NO6. The second kappa shape index (κ2) is 5.55. The van der Waals surface area contributed by atoms with Crippen LogP contribution in [0.3, 0.4) is 0 Å². The second-order valence-electron chi connectivity index (χ2n) is 3.67. The number of carbonyl (C=O) groups excluding carboxylic acids is 1. The highest BCUT2D eigenvalue weighted by Gasteiger charge is 2.44. The molecule has 1 rings (SSSR count). The molecule has 0 unspecified atom stereocenters. The van der Waals surface area contributed by atoms with E-state index in [4.69, 9.17) is 14.6 Å². The van der Waals surface area contributed by atoms with Crippen LogP contribution in [-0.2, 0) is 14.3 Å². The van der Waals surface area contributed by atoms with Gasteiger partial charge in [0.25, 0.3) is 0 Å². The fraction of sp³-hybridized carbons (Fsp3) is 0.889. The summed E-state index contributed by atoms with van der Waals surface area (Å²) in [6.45, 7) is 0.842. The number of amides is 1. The number of nitrogens with one attached hydrogen (secondary N) is 1. The van der Waals surface area contributed by atoms with Crippen LogP contribution in [0.4, 0.5) is 0 Å². The van der Waals surface area contributed by atoms with Gasteiger partial charge in [-0.1, -0.05) is 0 Å². The maximum absolute atomic E-state index is 10.9. The lowest BCUT2D eigenvalue weighted by molar-refractivity contribution is -0.262. The molecule has 0 radical (unpaired) electrons. The third-order valence-electron chi connectivity index (χ3n) is 2.48. The van der Waals surface area contributed by atoms with Crippen LogP contribution in [0, 0.1) is 0 Å². The summed E-state index contributed by atoms with van der Waals surface area (Å²) in [5.74, 6) is -0.371. The van der Waals surface area contributed by atoms with Crippen molar-refractivity contribution in [3.05, 3.63) is 0 Å². The lowest BCUT2D eigenvalue weighted by atomic mass is 9.97. The molecule has 7 nitrogen and oxygen atoms in total. The zero-order chi connectivity index (χ0) is 12.3. The van der Waals surface area contributed by atoms with Crippen LogP contribution >= 0.6 is 0 Å². The number of methoxy groups -OCH3 is 1. The first-order valence-corrected chi connectivity index (χ1v) is 4.93. The Bertz CT molecular complexity index is 246. The average molecular weight is 235 g/mol. The minimum absolute atomic E-state index is 0.371. The molecule has 0 saturated carbocycles. The first kappa shape index (κ1) is 13.3. The number of rotatable bonds is 3. The summed E-state index contributed by atoms with van der Waals surface area (Å²) in [6.07, 6.45) is -4.35. The molecule has 16 heavy (non-hydrogen) atoms. The Morgan fingerprint density at radius 2 is 2.06 bits per heavy atom. The van der Waals surface area contributed by atoms with Crippen molar-refractivity contribution >= 4 is 5.91 Å². The highest BCUT2D eigenvalue weighted by molar-refractivity contribution is 5.73. The van der Waals surface area contributed by atoms with Crippen molar-refractivity contribution in [1.82, 2.24) is 5.32 Å². The van der Waals surface area contributed by atoms with E-state index in [-0.39, 0.29) is 5.91 Å². The van der Waals surface area contributed by atoms with Gasteiger partial charge in [0.05, 0.1) is 6.61 Å². The van der Waals surface area contributed by atoms with E-state index >= 15 is 0 Å². The predicted molar refractivity (Wildman–Crippen MR) is 52.4 cm³/mol. The third-order valence-corrected chi connectivity index (χ3v) is 2.48. The zero-order valence-electron chi connectivity index (χ0n) is 9.16. The van der Waals surface area contributed by atoms with Crippen molar-refractivity contribution in [2.75, 3.05) is 13.7 Å². The van der Waals surface area contributed by atoms with Crippen molar-refractivity contribution in [2.45, 2.75) is 37.6 Å². The molecule has 1 aliphatic rings. The summed E-state index contributed by atoms with van der Waals surface area (Å²) in [5, 5.41) is 30.7. The first-order valence-electron chi connectivity index (χ1n) is 4.93. The number of hydrogen-bond acceptors (Lipinski definition) is 6. The van der Waals surface area contributed by atoms with Gasteiger partial charge in [0.1, 0.15) is 24.4 Å². The minimum atomic E-state index is -1.27. The topological polar surface area (TPSA) is 108 Å². The molecular weight excluding hydrogens is 218 g/mol. The number of ether oxygens (including phenoxy) is 2. The van der Waals surface area contributed by atoms with Gasteiger partial charge in [0, 0.05) is 14.0 Å². The molecule has 1 aliphatic heterocycles. The molecule has 0 aromatic heterocycles. The predicted octanol–water partition coefficient (Wildman–Crippen LogP) is -2.42. The highest BCUT2D eigenvalue weighted by atomic mass is 16.7. The van der Waals surface area contributed by atoms with Gasteiger partial charge in [0.2, 0.25) is 5.91 Å². The van der Waals surface area contributed by atoms with E-state index in [0.29, 0.717) is 0 Å². The Balaban J connectivity index is 2.77. The van der Waals surface area contributed by atoms with E-state index in [9.17, 15) is 15.0 Å². The Labute approximate surface area is 93.0 Å². The van der Waals surface area contributed by atoms with Gasteiger partial charge in [-0.15, -0.1) is 0 Å². The van der Waals surface area contributed by atoms with Crippen LogP contribution in [0.25, 0.3) is 0 Å². The van der Waals surface area contributed by atoms with Gasteiger partial charge in [0.15, 0.2) is 6.29 Å². The molecule has 0 aliphatic carbocycles. The van der Waals surface area contributed by atoms with Crippen LogP contribution in [-0.4, -0.2) is 65.6 Å². The normalized spacial score (nSPS) is 39.4. The lowest BCUT2D eigenvalue weighted by Gasteiger charge is -2.41. The summed E-state index contributed by atoms with van der Waals surface area (Å²) >= 11 is 0. The molecule has 1 heterocycles. The van der Waals surface area contributed by atoms with Crippen molar-refractivity contribution in [1.29, 1.82) is 0 Å². The summed E-state index contributed by atoms with van der Waals surface area (Å²) in [6, 6.07) is -0.861. The smallest absolute Gasteiger partial charge is 0.217 e. The third kappa shape index (κ3) is 2.69. The summed E-state index contributed by atoms with van der Waals surface area (Å²) in [5.41, 5.74) is 0. The molecule has 5 atom stereocenters. The summed E-state index contributed by atoms with van der Waals surface area (Å²) < 4.78 is 10.1. The molecule has 1 saturated heterocycles. The van der Waals surface area contributed by atoms with Crippen molar-refractivity contribution in [2.24, 2.45) is 0 Å². The standard InChI is InChI=1S/C9H17NO6/c1-4(12)10-6-8(14)7(13)5(3-11)16-9(6)15-2/h5-9,11,13-14H,3H2,1-2H3,(H,10,12)/t5-,6+,7-,8-,9+/m1/s1. The largest absolute Gasteiger partial charge is 0.394 e. The van der Waals surface area contributed by atoms with Gasteiger partial charge in [-0.25, -0.2) is 0 Å². The molecule has 1 amide bonds. The highest BCUT2D eigenvalue weighted by Crippen LogP contribution is 2.21. The van der Waals surface area contributed by atoms with E-state index < -0.39 is 37.3 Å².